The van der Waals surface area contributed by atoms with Crippen LogP contribution >= 0.6 is 11.6 Å². The number of halogens is 1. The van der Waals surface area contributed by atoms with Gasteiger partial charge in [-0.1, -0.05) is 29.8 Å². The molecule has 0 radical (unpaired) electrons. The number of pyridine rings is 1. The lowest BCUT2D eigenvalue weighted by Gasteiger charge is -2.07. The van der Waals surface area contributed by atoms with Crippen LogP contribution in [0.2, 0.25) is 5.02 Å². The van der Waals surface area contributed by atoms with Gasteiger partial charge in [0.25, 0.3) is 11.8 Å². The van der Waals surface area contributed by atoms with E-state index >= 15 is 0 Å². The van der Waals surface area contributed by atoms with E-state index in [2.05, 4.69) is 20.8 Å². The largest absolute Gasteiger partial charge is 0.322 e. The van der Waals surface area contributed by atoms with Crippen molar-refractivity contribution in [3.8, 4) is 0 Å². The van der Waals surface area contributed by atoms with E-state index in [4.69, 9.17) is 11.6 Å². The topological polar surface area (TPSA) is 83.4 Å². The van der Waals surface area contributed by atoms with E-state index < -0.39 is 0 Å². The summed E-state index contributed by atoms with van der Waals surface area (Å²) in [5, 5.41) is 7.48. The average Bonchev–Trinajstić information content (AvgIpc) is 2.73. The van der Waals surface area contributed by atoms with Gasteiger partial charge >= 0.3 is 0 Å². The van der Waals surface area contributed by atoms with E-state index in [9.17, 15) is 9.59 Å². The third kappa shape index (κ3) is 5.02. The van der Waals surface area contributed by atoms with Crippen molar-refractivity contribution in [1.29, 1.82) is 0 Å². The van der Waals surface area contributed by atoms with Crippen LogP contribution in [-0.2, 0) is 0 Å². The fraction of sp³-hybridized carbons (Fsp3) is 0.0476. The van der Waals surface area contributed by atoms with Crippen molar-refractivity contribution in [1.82, 2.24) is 10.4 Å². The summed E-state index contributed by atoms with van der Waals surface area (Å²) in [6.07, 6.45) is 1.54. The number of amides is 2. The molecule has 3 rings (SSSR count). The number of hydrogen-bond donors (Lipinski definition) is 2. The van der Waals surface area contributed by atoms with Crippen LogP contribution in [0.3, 0.4) is 0 Å². The van der Waals surface area contributed by atoms with Crippen molar-refractivity contribution in [2.75, 3.05) is 5.32 Å². The van der Waals surface area contributed by atoms with Crippen molar-refractivity contribution in [2.45, 2.75) is 6.92 Å². The number of aromatic nitrogens is 1. The normalized spacial score (nSPS) is 11.0. The third-order valence-electron chi connectivity index (χ3n) is 3.89. The van der Waals surface area contributed by atoms with Crippen LogP contribution in [0.15, 0.2) is 78.0 Å². The Hall–Kier alpha value is -3.51. The summed E-state index contributed by atoms with van der Waals surface area (Å²) in [4.78, 5) is 28.2. The Kier molecular flexibility index (Phi) is 6.14. The van der Waals surface area contributed by atoms with Gasteiger partial charge < -0.3 is 5.32 Å². The number of nitrogens with one attached hydrogen (secondary N) is 2. The summed E-state index contributed by atoms with van der Waals surface area (Å²) in [5.41, 5.74) is 5.37. The van der Waals surface area contributed by atoms with Crippen molar-refractivity contribution in [3.63, 3.8) is 0 Å². The average molecular weight is 393 g/mol. The van der Waals surface area contributed by atoms with E-state index in [-0.39, 0.29) is 11.8 Å². The van der Waals surface area contributed by atoms with Crippen molar-refractivity contribution < 1.29 is 9.59 Å². The number of carbonyl (C=O) groups excluding carboxylic acids is 2. The van der Waals surface area contributed by atoms with Gasteiger partial charge in [-0.15, -0.1) is 0 Å². The summed E-state index contributed by atoms with van der Waals surface area (Å²) < 4.78 is 0. The first-order chi connectivity index (χ1) is 13.5. The van der Waals surface area contributed by atoms with Crippen LogP contribution in [0.5, 0.6) is 0 Å². The van der Waals surface area contributed by atoms with Gasteiger partial charge in [-0.3, -0.25) is 14.6 Å². The van der Waals surface area contributed by atoms with E-state index in [1.165, 1.54) is 0 Å². The van der Waals surface area contributed by atoms with Gasteiger partial charge in [0.15, 0.2) is 0 Å². The summed E-state index contributed by atoms with van der Waals surface area (Å²) in [7, 11) is 0. The summed E-state index contributed by atoms with van der Waals surface area (Å²) in [6, 6.07) is 18.9. The van der Waals surface area contributed by atoms with Crippen LogP contribution in [0.25, 0.3) is 0 Å². The molecule has 1 heterocycles. The van der Waals surface area contributed by atoms with Crippen LogP contribution in [0.4, 0.5) is 5.69 Å². The zero-order chi connectivity index (χ0) is 19.9. The number of hydrogen-bond acceptors (Lipinski definition) is 4. The van der Waals surface area contributed by atoms with Gasteiger partial charge in [-0.25, -0.2) is 5.43 Å². The Morgan fingerprint density at radius 2 is 1.57 bits per heavy atom. The molecule has 0 aliphatic carbocycles. The number of hydrazone groups is 1. The number of benzene rings is 2. The molecular weight excluding hydrogens is 376 g/mol. The zero-order valence-electron chi connectivity index (χ0n) is 15.0. The monoisotopic (exact) mass is 392 g/mol. The molecule has 0 aliphatic rings. The fourth-order valence-corrected chi connectivity index (χ4v) is 2.48. The minimum atomic E-state index is -0.383. The number of nitrogens with zero attached hydrogens (tertiary/aromatic N) is 2. The molecule has 1 aromatic heterocycles. The molecule has 0 unspecified atom stereocenters. The highest BCUT2D eigenvalue weighted by atomic mass is 35.5. The first kappa shape index (κ1) is 19.3. The molecule has 0 saturated heterocycles. The maximum Gasteiger partial charge on any atom is 0.289 e. The predicted molar refractivity (Wildman–Crippen MR) is 110 cm³/mol. The highest BCUT2D eigenvalue weighted by Gasteiger charge is 2.07. The first-order valence-corrected chi connectivity index (χ1v) is 8.84. The molecular formula is C21H17ClN4O2. The fourth-order valence-electron chi connectivity index (χ4n) is 2.35. The Morgan fingerprint density at radius 1 is 0.893 bits per heavy atom. The maximum absolute atomic E-state index is 12.2. The third-order valence-corrected chi connectivity index (χ3v) is 4.14. The second-order valence-electron chi connectivity index (χ2n) is 5.89. The van der Waals surface area contributed by atoms with Crippen LogP contribution in [-0.4, -0.2) is 22.5 Å². The zero-order valence-corrected chi connectivity index (χ0v) is 15.8. The van der Waals surface area contributed by atoms with Crippen LogP contribution in [0.1, 0.15) is 33.3 Å². The second-order valence-corrected chi connectivity index (χ2v) is 6.33. The molecule has 0 bridgehead atoms. The van der Waals surface area contributed by atoms with E-state index in [0.29, 0.717) is 27.7 Å². The van der Waals surface area contributed by atoms with Gasteiger partial charge in [0.1, 0.15) is 5.69 Å². The highest BCUT2D eigenvalue weighted by molar-refractivity contribution is 6.30. The molecule has 2 aromatic carbocycles. The lowest BCUT2D eigenvalue weighted by molar-refractivity contribution is 0.0949. The predicted octanol–water partition coefficient (Wildman–Crippen LogP) is 4.14. The molecule has 28 heavy (non-hydrogen) atoms. The van der Waals surface area contributed by atoms with Gasteiger partial charge in [-0.2, -0.15) is 5.10 Å². The highest BCUT2D eigenvalue weighted by Crippen LogP contribution is 2.14. The molecule has 0 spiro atoms. The molecule has 6 nitrogen and oxygen atoms in total. The molecule has 7 heteroatoms. The minimum Gasteiger partial charge on any atom is -0.322 e. The summed E-state index contributed by atoms with van der Waals surface area (Å²) in [6.45, 7) is 1.78. The van der Waals surface area contributed by atoms with Gasteiger partial charge in [0.2, 0.25) is 0 Å². The Labute approximate surface area is 167 Å². The molecule has 0 fully saturated rings. The Bertz CT molecular complexity index is 1000. The van der Waals surface area contributed by atoms with Gasteiger partial charge in [-0.05, 0) is 61.0 Å². The number of carbonyl (C=O) groups is 2. The molecule has 3 aromatic rings. The van der Waals surface area contributed by atoms with E-state index in [1.54, 1.807) is 67.7 Å². The van der Waals surface area contributed by atoms with E-state index in [1.807, 2.05) is 12.1 Å². The smallest absolute Gasteiger partial charge is 0.289 e. The van der Waals surface area contributed by atoms with Crippen molar-refractivity contribution >= 4 is 34.8 Å². The summed E-state index contributed by atoms with van der Waals surface area (Å²) in [5.74, 6) is -0.607. The van der Waals surface area contributed by atoms with Crippen molar-refractivity contribution in [2.24, 2.45) is 5.10 Å². The SMILES string of the molecule is C/C(=N/NC(=O)c1ccccn1)c1ccc(NC(=O)c2ccc(Cl)cc2)cc1. The first-order valence-electron chi connectivity index (χ1n) is 8.46. The van der Waals surface area contributed by atoms with Gasteiger partial charge in [0.05, 0.1) is 5.71 Å². The van der Waals surface area contributed by atoms with Gasteiger partial charge in [0, 0.05) is 22.5 Å². The molecule has 140 valence electrons. The lowest BCUT2D eigenvalue weighted by atomic mass is 10.1. The van der Waals surface area contributed by atoms with Crippen LogP contribution in [0, 0.1) is 0 Å². The maximum atomic E-state index is 12.2. The van der Waals surface area contributed by atoms with E-state index in [0.717, 1.165) is 5.56 Å². The summed E-state index contributed by atoms with van der Waals surface area (Å²) >= 11 is 5.83. The molecule has 0 atom stereocenters. The van der Waals surface area contributed by atoms with Crippen LogP contribution < -0.4 is 10.7 Å². The molecule has 0 saturated carbocycles. The Balaban J connectivity index is 1.62. The molecule has 2 N–H and O–H groups in total. The second kappa shape index (κ2) is 8.92. The quantitative estimate of drug-likeness (QED) is 0.505. The molecule has 0 aliphatic heterocycles. The Morgan fingerprint density at radius 3 is 2.21 bits per heavy atom. The standard InChI is InChI=1S/C21H17ClN4O2/c1-14(25-26-21(28)19-4-2-3-13-23-19)15-7-11-18(12-8-15)24-20(27)16-5-9-17(22)10-6-16/h2-13H,1H3,(H,24,27)(H,26,28)/b25-14-. The van der Waals surface area contributed by atoms with Crippen molar-refractivity contribution in [3.05, 3.63) is 94.8 Å². The number of anilines is 1. The lowest BCUT2D eigenvalue weighted by Crippen LogP contribution is -2.20. The molecule has 2 amide bonds. The minimum absolute atomic E-state index is 0.225. The number of rotatable bonds is 5.